The molecule has 0 spiro atoms. The number of aromatic nitrogens is 3. The second kappa shape index (κ2) is 8.52. The highest BCUT2D eigenvalue weighted by Crippen LogP contribution is 2.33. The van der Waals surface area contributed by atoms with Crippen molar-refractivity contribution >= 4 is 10.9 Å². The molecule has 2 aromatic carbocycles. The van der Waals surface area contributed by atoms with Gasteiger partial charge in [-0.15, -0.1) is 0 Å². The number of likely N-dealkylation sites (tertiary alicyclic amines) is 1. The summed E-state index contributed by atoms with van der Waals surface area (Å²) >= 11 is 0. The minimum atomic E-state index is -0.230. The lowest BCUT2D eigenvalue weighted by Gasteiger charge is -2.33. The van der Waals surface area contributed by atoms with Crippen LogP contribution in [0.5, 0.6) is 0 Å². The van der Waals surface area contributed by atoms with E-state index in [9.17, 15) is 4.39 Å². The van der Waals surface area contributed by atoms with E-state index in [2.05, 4.69) is 39.1 Å². The van der Waals surface area contributed by atoms with E-state index in [4.69, 9.17) is 4.98 Å². The van der Waals surface area contributed by atoms with Crippen LogP contribution in [-0.2, 0) is 6.54 Å². The van der Waals surface area contributed by atoms with Crippen molar-refractivity contribution in [2.45, 2.75) is 32.2 Å². The topological polar surface area (TPSA) is 41.9 Å². The summed E-state index contributed by atoms with van der Waals surface area (Å²) in [6.07, 6.45) is 5.96. The molecular weight excluding hydrogens is 387 g/mol. The Morgan fingerprint density at radius 1 is 1.06 bits per heavy atom. The van der Waals surface area contributed by atoms with Crippen LogP contribution >= 0.6 is 0 Å². The molecule has 5 heteroatoms. The molecule has 3 heterocycles. The van der Waals surface area contributed by atoms with Gasteiger partial charge < -0.3 is 0 Å². The summed E-state index contributed by atoms with van der Waals surface area (Å²) in [5.41, 5.74) is 5.37. The molecule has 5 rings (SSSR count). The normalized spacial score (nSPS) is 17.2. The summed E-state index contributed by atoms with van der Waals surface area (Å²) in [6.45, 7) is 4.86. The zero-order valence-electron chi connectivity index (χ0n) is 17.6. The van der Waals surface area contributed by atoms with Crippen LogP contribution in [-0.4, -0.2) is 32.9 Å². The molecule has 1 unspecified atom stereocenters. The number of halogens is 1. The van der Waals surface area contributed by atoms with Crippen molar-refractivity contribution < 1.29 is 4.39 Å². The fourth-order valence-electron chi connectivity index (χ4n) is 4.54. The summed E-state index contributed by atoms with van der Waals surface area (Å²) in [5, 5.41) is 1.17. The van der Waals surface area contributed by atoms with Crippen molar-refractivity contribution in [1.82, 2.24) is 19.9 Å². The van der Waals surface area contributed by atoms with Gasteiger partial charge in [0.25, 0.3) is 0 Å². The second-order valence-corrected chi connectivity index (χ2v) is 8.33. The highest BCUT2D eigenvalue weighted by atomic mass is 19.1. The monoisotopic (exact) mass is 412 g/mol. The van der Waals surface area contributed by atoms with Crippen LogP contribution in [0.4, 0.5) is 4.39 Å². The molecule has 4 aromatic rings. The van der Waals surface area contributed by atoms with Crippen LogP contribution < -0.4 is 0 Å². The lowest BCUT2D eigenvalue weighted by Crippen LogP contribution is -2.34. The number of rotatable bonds is 4. The quantitative estimate of drug-likeness (QED) is 0.443. The average molecular weight is 413 g/mol. The second-order valence-electron chi connectivity index (χ2n) is 8.33. The van der Waals surface area contributed by atoms with E-state index in [1.165, 1.54) is 23.1 Å². The molecule has 31 heavy (non-hydrogen) atoms. The Labute approximate surface area is 181 Å². The van der Waals surface area contributed by atoms with Gasteiger partial charge in [0.2, 0.25) is 0 Å². The molecule has 0 amide bonds. The van der Waals surface area contributed by atoms with Gasteiger partial charge in [-0.2, -0.15) is 0 Å². The summed E-state index contributed by atoms with van der Waals surface area (Å²) in [4.78, 5) is 16.3. The zero-order valence-corrected chi connectivity index (χ0v) is 17.6. The van der Waals surface area contributed by atoms with Crippen LogP contribution in [0.15, 0.2) is 67.0 Å². The number of aryl methyl sites for hydroxylation is 1. The molecule has 1 atom stereocenters. The molecule has 0 bridgehead atoms. The van der Waals surface area contributed by atoms with Gasteiger partial charge in [0.05, 0.1) is 11.2 Å². The van der Waals surface area contributed by atoms with Crippen LogP contribution in [0.2, 0.25) is 0 Å². The van der Waals surface area contributed by atoms with Crippen LogP contribution in [0.25, 0.3) is 22.0 Å². The molecule has 1 saturated heterocycles. The van der Waals surface area contributed by atoms with Gasteiger partial charge >= 0.3 is 0 Å². The lowest BCUT2D eigenvalue weighted by molar-refractivity contribution is 0.198. The van der Waals surface area contributed by atoms with Crippen molar-refractivity contribution in [2.75, 3.05) is 13.1 Å². The number of piperidine rings is 1. The van der Waals surface area contributed by atoms with E-state index in [-0.39, 0.29) is 5.82 Å². The van der Waals surface area contributed by atoms with Crippen molar-refractivity contribution in [3.63, 3.8) is 0 Å². The van der Waals surface area contributed by atoms with Crippen molar-refractivity contribution in [1.29, 1.82) is 0 Å². The molecule has 0 aliphatic carbocycles. The minimum Gasteiger partial charge on any atom is -0.298 e. The summed E-state index contributed by atoms with van der Waals surface area (Å²) in [7, 11) is 0. The molecule has 1 aliphatic rings. The lowest BCUT2D eigenvalue weighted by atomic mass is 9.89. The number of fused-ring (bicyclic) bond motifs is 1. The Morgan fingerprint density at radius 2 is 1.94 bits per heavy atom. The number of benzene rings is 2. The number of hydrogen-bond donors (Lipinski definition) is 0. The van der Waals surface area contributed by atoms with Crippen molar-refractivity contribution in [3.8, 4) is 11.1 Å². The summed E-state index contributed by atoms with van der Waals surface area (Å²) in [6, 6.07) is 17.2. The molecule has 0 N–H and O–H groups in total. The van der Waals surface area contributed by atoms with E-state index in [0.717, 1.165) is 60.6 Å². The van der Waals surface area contributed by atoms with Gasteiger partial charge in [0.1, 0.15) is 11.6 Å². The fourth-order valence-corrected chi connectivity index (χ4v) is 4.54. The zero-order chi connectivity index (χ0) is 21.2. The molecule has 2 aromatic heterocycles. The highest BCUT2D eigenvalue weighted by molar-refractivity contribution is 5.78. The molecule has 4 nitrogen and oxygen atoms in total. The van der Waals surface area contributed by atoms with Gasteiger partial charge in [0, 0.05) is 42.4 Å². The molecule has 1 fully saturated rings. The van der Waals surface area contributed by atoms with E-state index in [1.807, 2.05) is 37.5 Å². The molecule has 1 aliphatic heterocycles. The molecule has 0 saturated carbocycles. The third-order valence-corrected chi connectivity index (χ3v) is 6.06. The van der Waals surface area contributed by atoms with E-state index in [0.29, 0.717) is 5.92 Å². The smallest absolute Gasteiger partial charge is 0.125 e. The standard InChI is InChI=1S/C26H25FN4/c1-18-29-15-24(20-8-10-23(27)11-9-20)26(30-18)22-5-3-13-31(17-22)16-19-6-7-21-4-2-12-28-25(21)14-19/h2,4,6-12,14-15,22H,3,5,13,16-17H2,1H3. The van der Waals surface area contributed by atoms with Gasteiger partial charge in [-0.25, -0.2) is 14.4 Å². The van der Waals surface area contributed by atoms with E-state index >= 15 is 0 Å². The van der Waals surface area contributed by atoms with Crippen LogP contribution in [0.1, 0.15) is 35.8 Å². The predicted molar refractivity (Wildman–Crippen MR) is 121 cm³/mol. The van der Waals surface area contributed by atoms with E-state index in [1.54, 1.807) is 0 Å². The first kappa shape index (κ1) is 19.8. The third kappa shape index (κ3) is 4.32. The first-order valence-electron chi connectivity index (χ1n) is 10.8. The van der Waals surface area contributed by atoms with Crippen molar-refractivity contribution in [3.05, 3.63) is 89.9 Å². The highest BCUT2D eigenvalue weighted by Gasteiger charge is 2.25. The fraction of sp³-hybridized carbons (Fsp3) is 0.269. The number of nitrogens with zero attached hydrogens (tertiary/aromatic N) is 4. The molecule has 0 radical (unpaired) electrons. The Morgan fingerprint density at radius 3 is 2.81 bits per heavy atom. The first-order valence-corrected chi connectivity index (χ1v) is 10.8. The maximum absolute atomic E-state index is 13.4. The van der Waals surface area contributed by atoms with Gasteiger partial charge in [0.15, 0.2) is 0 Å². The van der Waals surface area contributed by atoms with Gasteiger partial charge in [-0.1, -0.05) is 30.3 Å². The third-order valence-electron chi connectivity index (χ3n) is 6.06. The number of pyridine rings is 1. The summed E-state index contributed by atoms with van der Waals surface area (Å²) in [5.74, 6) is 0.875. The van der Waals surface area contributed by atoms with Crippen LogP contribution in [0.3, 0.4) is 0 Å². The largest absolute Gasteiger partial charge is 0.298 e. The minimum absolute atomic E-state index is 0.230. The maximum atomic E-state index is 13.4. The van der Waals surface area contributed by atoms with Gasteiger partial charge in [-0.05, 0) is 61.7 Å². The Balaban J connectivity index is 1.40. The Hall–Kier alpha value is -3.18. The maximum Gasteiger partial charge on any atom is 0.125 e. The SMILES string of the molecule is Cc1ncc(-c2ccc(F)cc2)c(C2CCCN(Cc3ccc4cccnc4c3)C2)n1. The predicted octanol–water partition coefficient (Wildman–Crippen LogP) is 5.52. The average Bonchev–Trinajstić information content (AvgIpc) is 2.80. The van der Waals surface area contributed by atoms with Gasteiger partial charge in [-0.3, -0.25) is 9.88 Å². The summed E-state index contributed by atoms with van der Waals surface area (Å²) < 4.78 is 13.4. The van der Waals surface area contributed by atoms with Crippen molar-refractivity contribution in [2.24, 2.45) is 0 Å². The van der Waals surface area contributed by atoms with Crippen LogP contribution in [0, 0.1) is 12.7 Å². The molecule has 156 valence electrons. The number of hydrogen-bond acceptors (Lipinski definition) is 4. The first-order chi connectivity index (χ1) is 15.2. The Kier molecular flexibility index (Phi) is 5.43. The Bertz CT molecular complexity index is 1210. The molecular formula is C26H25FN4. The van der Waals surface area contributed by atoms with E-state index < -0.39 is 0 Å².